The van der Waals surface area contributed by atoms with E-state index in [2.05, 4.69) is 9.88 Å². The van der Waals surface area contributed by atoms with E-state index in [0.29, 0.717) is 42.9 Å². The molecule has 32 heavy (non-hydrogen) atoms. The maximum atomic E-state index is 13.6. The van der Waals surface area contributed by atoms with Gasteiger partial charge in [0.05, 0.1) is 17.6 Å². The van der Waals surface area contributed by atoms with Gasteiger partial charge in [0.25, 0.3) is 5.56 Å². The van der Waals surface area contributed by atoms with Crippen molar-refractivity contribution in [2.75, 3.05) is 20.3 Å². The van der Waals surface area contributed by atoms with Crippen LogP contribution in [0.4, 0.5) is 4.39 Å². The van der Waals surface area contributed by atoms with Gasteiger partial charge in [0, 0.05) is 54.6 Å². The van der Waals surface area contributed by atoms with Crippen LogP contribution >= 0.6 is 11.6 Å². The lowest BCUT2D eigenvalue weighted by Crippen LogP contribution is -2.26. The number of hydrogen-bond acceptors (Lipinski definition) is 4. The van der Waals surface area contributed by atoms with Crippen LogP contribution in [-0.4, -0.2) is 34.7 Å². The van der Waals surface area contributed by atoms with Crippen molar-refractivity contribution in [3.63, 3.8) is 0 Å². The van der Waals surface area contributed by atoms with E-state index in [9.17, 15) is 9.18 Å². The Morgan fingerprint density at radius 1 is 1.19 bits per heavy atom. The Labute approximate surface area is 188 Å². The number of fused-ring (bicyclic) bond motifs is 2. The number of nitrogens with one attached hydrogen (secondary N) is 1. The number of aromatic amines is 1. The van der Waals surface area contributed by atoms with Crippen LogP contribution in [0.2, 0.25) is 5.02 Å². The molecule has 0 bridgehead atoms. The predicted molar refractivity (Wildman–Crippen MR) is 121 cm³/mol. The van der Waals surface area contributed by atoms with Gasteiger partial charge in [0.2, 0.25) is 0 Å². The molecule has 0 spiro atoms. The molecule has 1 aliphatic heterocycles. The monoisotopic (exact) mass is 453 g/mol. The summed E-state index contributed by atoms with van der Waals surface area (Å²) in [6, 6.07) is 13.9. The average molecular weight is 454 g/mol. The molecule has 0 saturated heterocycles. The van der Waals surface area contributed by atoms with Crippen LogP contribution in [0, 0.1) is 5.82 Å². The molecule has 0 unspecified atom stereocenters. The maximum absolute atomic E-state index is 13.6. The largest absolute Gasteiger partial charge is 0.490 e. The highest BCUT2D eigenvalue weighted by Gasteiger charge is 2.20. The highest BCUT2D eigenvalue weighted by atomic mass is 35.5. The first-order valence-corrected chi connectivity index (χ1v) is 10.6. The lowest BCUT2D eigenvalue weighted by atomic mass is 10.1. The van der Waals surface area contributed by atoms with Crippen LogP contribution in [0.15, 0.2) is 59.5 Å². The molecule has 1 N–H and O–H groups in total. The minimum atomic E-state index is -0.268. The predicted octanol–water partition coefficient (Wildman–Crippen LogP) is 4.51. The molecular weight excluding hydrogens is 433 g/mol. The number of halogens is 2. The zero-order valence-electron chi connectivity index (χ0n) is 17.4. The Morgan fingerprint density at radius 3 is 2.91 bits per heavy atom. The molecule has 0 atom stereocenters. The summed E-state index contributed by atoms with van der Waals surface area (Å²) in [4.78, 5) is 16.7. The van der Waals surface area contributed by atoms with Gasteiger partial charge in [0.15, 0.2) is 5.88 Å². The second kappa shape index (κ2) is 8.33. The molecule has 0 aliphatic carbocycles. The first-order valence-electron chi connectivity index (χ1n) is 10.2. The lowest BCUT2D eigenvalue weighted by Gasteiger charge is -2.20. The number of pyridine rings is 1. The minimum absolute atomic E-state index is 0.202. The van der Waals surface area contributed by atoms with Crippen LogP contribution in [0.25, 0.3) is 16.6 Å². The Hall–Kier alpha value is -3.29. The van der Waals surface area contributed by atoms with E-state index in [0.717, 1.165) is 27.7 Å². The van der Waals surface area contributed by atoms with Gasteiger partial charge in [-0.3, -0.25) is 14.7 Å². The fraction of sp³-hybridized carbons (Fsp3) is 0.208. The molecule has 0 saturated carbocycles. The van der Waals surface area contributed by atoms with E-state index >= 15 is 0 Å². The van der Waals surface area contributed by atoms with E-state index in [4.69, 9.17) is 21.1 Å². The molecule has 5 rings (SSSR count). The number of rotatable bonds is 4. The van der Waals surface area contributed by atoms with Crippen molar-refractivity contribution in [2.24, 2.45) is 0 Å². The van der Waals surface area contributed by atoms with Crippen molar-refractivity contribution >= 4 is 22.5 Å². The zero-order valence-corrected chi connectivity index (χ0v) is 18.2. The van der Waals surface area contributed by atoms with Crippen LogP contribution < -0.4 is 15.0 Å². The summed E-state index contributed by atoms with van der Waals surface area (Å²) >= 11 is 6.60. The van der Waals surface area contributed by atoms with Gasteiger partial charge in [-0.2, -0.15) is 0 Å². The minimum Gasteiger partial charge on any atom is -0.490 e. The molecule has 164 valence electrons. The molecule has 1 aliphatic rings. The summed E-state index contributed by atoms with van der Waals surface area (Å²) in [6.45, 7) is 2.34. The molecule has 8 heteroatoms. The van der Waals surface area contributed by atoms with Crippen molar-refractivity contribution in [1.82, 2.24) is 14.5 Å². The SMILES string of the molecule is COc1cc(CN2CCOc3c(Cl)cc(-n4ccc5cc(F)ccc54)cc3C2)cc(=O)[nH]1. The van der Waals surface area contributed by atoms with Gasteiger partial charge in [0.1, 0.15) is 18.2 Å². The first-order chi connectivity index (χ1) is 15.5. The van der Waals surface area contributed by atoms with Crippen LogP contribution in [0.3, 0.4) is 0 Å². The number of methoxy groups -OCH3 is 1. The van der Waals surface area contributed by atoms with Crippen molar-refractivity contribution in [2.45, 2.75) is 13.1 Å². The Bertz CT molecular complexity index is 1360. The number of aromatic nitrogens is 2. The van der Waals surface area contributed by atoms with Gasteiger partial charge >= 0.3 is 0 Å². The summed E-state index contributed by atoms with van der Waals surface area (Å²) in [5.74, 6) is 0.833. The van der Waals surface area contributed by atoms with E-state index in [1.165, 1.54) is 19.2 Å². The molecule has 0 amide bonds. The highest BCUT2D eigenvalue weighted by molar-refractivity contribution is 6.32. The van der Waals surface area contributed by atoms with Gasteiger partial charge < -0.3 is 14.0 Å². The molecule has 2 aromatic heterocycles. The summed E-state index contributed by atoms with van der Waals surface area (Å²) < 4.78 is 26.7. The number of ether oxygens (including phenoxy) is 2. The Kier molecular flexibility index (Phi) is 5.36. The Balaban J connectivity index is 1.49. The lowest BCUT2D eigenvalue weighted by molar-refractivity contribution is 0.219. The van der Waals surface area contributed by atoms with E-state index in [1.807, 2.05) is 35.0 Å². The molecule has 3 heterocycles. The van der Waals surface area contributed by atoms with Gasteiger partial charge in [-0.25, -0.2) is 4.39 Å². The van der Waals surface area contributed by atoms with Gasteiger partial charge in [-0.05, 0) is 42.0 Å². The summed E-state index contributed by atoms with van der Waals surface area (Å²) in [7, 11) is 1.52. The van der Waals surface area contributed by atoms with E-state index < -0.39 is 0 Å². The number of nitrogens with zero attached hydrogens (tertiary/aromatic N) is 2. The highest BCUT2D eigenvalue weighted by Crippen LogP contribution is 2.35. The van der Waals surface area contributed by atoms with E-state index in [1.54, 1.807) is 12.1 Å². The second-order valence-corrected chi connectivity index (χ2v) is 8.19. The fourth-order valence-electron chi connectivity index (χ4n) is 4.15. The third-order valence-corrected chi connectivity index (χ3v) is 5.87. The molecule has 0 fully saturated rings. The van der Waals surface area contributed by atoms with Crippen molar-refractivity contribution in [1.29, 1.82) is 0 Å². The second-order valence-electron chi connectivity index (χ2n) is 7.79. The van der Waals surface area contributed by atoms with Crippen molar-refractivity contribution in [3.05, 3.63) is 87.0 Å². The topological polar surface area (TPSA) is 59.5 Å². The standard InChI is InChI=1S/C24H21ClFN3O3/c1-31-23-9-15(8-22(30)27-23)13-28-6-7-32-24-17(14-28)11-19(12-20(24)25)29-5-4-16-10-18(26)2-3-21(16)29/h2-5,8-12H,6-7,13-14H2,1H3,(H,27,30). The van der Waals surface area contributed by atoms with Crippen molar-refractivity contribution in [3.8, 4) is 17.3 Å². The fourth-order valence-corrected chi connectivity index (χ4v) is 4.44. The quantitative estimate of drug-likeness (QED) is 0.493. The van der Waals surface area contributed by atoms with Gasteiger partial charge in [-0.15, -0.1) is 0 Å². The van der Waals surface area contributed by atoms with Crippen LogP contribution in [0.1, 0.15) is 11.1 Å². The van der Waals surface area contributed by atoms with Crippen LogP contribution in [0.5, 0.6) is 11.6 Å². The first kappa shape index (κ1) is 20.6. The maximum Gasteiger partial charge on any atom is 0.250 e. The Morgan fingerprint density at radius 2 is 2.06 bits per heavy atom. The zero-order chi connectivity index (χ0) is 22.2. The molecule has 0 radical (unpaired) electrons. The van der Waals surface area contributed by atoms with Crippen LogP contribution in [-0.2, 0) is 13.1 Å². The molecule has 2 aromatic carbocycles. The van der Waals surface area contributed by atoms with E-state index in [-0.39, 0.29) is 11.4 Å². The molecular formula is C24H21ClFN3O3. The number of hydrogen-bond donors (Lipinski definition) is 1. The van der Waals surface area contributed by atoms with Gasteiger partial charge in [-0.1, -0.05) is 11.6 Å². The smallest absolute Gasteiger partial charge is 0.250 e. The molecule has 6 nitrogen and oxygen atoms in total. The summed E-state index contributed by atoms with van der Waals surface area (Å²) in [5.41, 5.74) is 3.37. The van der Waals surface area contributed by atoms with Crippen molar-refractivity contribution < 1.29 is 13.9 Å². The third-order valence-electron chi connectivity index (χ3n) is 5.59. The summed E-state index contributed by atoms with van der Waals surface area (Å²) in [5, 5.41) is 1.35. The third kappa shape index (κ3) is 3.97. The number of benzene rings is 2. The average Bonchev–Trinajstić information content (AvgIpc) is 3.06. The normalized spacial score (nSPS) is 14.1. The number of H-pyrrole nitrogens is 1. The summed E-state index contributed by atoms with van der Waals surface area (Å²) in [6.07, 6.45) is 1.90. The molecule has 4 aromatic rings.